The molecule has 0 aliphatic rings. The Kier molecular flexibility index (Phi) is 3.92. The van der Waals surface area contributed by atoms with E-state index in [9.17, 15) is 0 Å². The van der Waals surface area contributed by atoms with E-state index in [4.69, 9.17) is 5.73 Å². The van der Waals surface area contributed by atoms with Crippen molar-refractivity contribution in [3.05, 3.63) is 23.7 Å². The summed E-state index contributed by atoms with van der Waals surface area (Å²) < 4.78 is 0. The van der Waals surface area contributed by atoms with E-state index in [1.807, 2.05) is 18.4 Å². The maximum Gasteiger partial charge on any atom is 0.183 e. The van der Waals surface area contributed by atoms with Crippen LogP contribution in [-0.2, 0) is 6.42 Å². The minimum absolute atomic E-state index is 0.175. The molecule has 0 aliphatic heterocycles. The summed E-state index contributed by atoms with van der Waals surface area (Å²) >= 11 is 1.61. The van der Waals surface area contributed by atoms with Gasteiger partial charge in [-0.2, -0.15) is 0 Å². The van der Waals surface area contributed by atoms with E-state index in [2.05, 4.69) is 16.9 Å². The summed E-state index contributed by atoms with van der Waals surface area (Å²) in [6, 6.07) is 0.175. The lowest BCUT2D eigenvalue weighted by Crippen LogP contribution is -2.17. The van der Waals surface area contributed by atoms with Gasteiger partial charge in [-0.05, 0) is 6.92 Å². The average molecular weight is 197 g/mol. The molecule has 0 amide bonds. The van der Waals surface area contributed by atoms with E-state index in [-0.39, 0.29) is 6.04 Å². The normalized spacial score (nSPS) is 12.5. The van der Waals surface area contributed by atoms with Gasteiger partial charge in [-0.25, -0.2) is 4.98 Å². The van der Waals surface area contributed by atoms with Crippen molar-refractivity contribution in [2.75, 3.05) is 11.9 Å². The number of hydrogen-bond donors (Lipinski definition) is 2. The van der Waals surface area contributed by atoms with Gasteiger partial charge in [-0.1, -0.05) is 6.08 Å². The molecular formula is C9H15N3S. The van der Waals surface area contributed by atoms with E-state index < -0.39 is 0 Å². The van der Waals surface area contributed by atoms with Gasteiger partial charge in [0.05, 0.1) is 5.69 Å². The highest BCUT2D eigenvalue weighted by atomic mass is 32.1. The van der Waals surface area contributed by atoms with Crippen LogP contribution in [0.1, 0.15) is 12.6 Å². The zero-order chi connectivity index (χ0) is 9.68. The molecule has 3 nitrogen and oxygen atoms in total. The van der Waals surface area contributed by atoms with Gasteiger partial charge in [0.2, 0.25) is 0 Å². The van der Waals surface area contributed by atoms with Gasteiger partial charge >= 0.3 is 0 Å². The monoisotopic (exact) mass is 197 g/mol. The Labute approximate surface area is 82.7 Å². The lowest BCUT2D eigenvalue weighted by atomic mass is 10.2. The van der Waals surface area contributed by atoms with E-state index in [1.54, 1.807) is 11.3 Å². The molecule has 0 saturated carbocycles. The Bertz CT molecular complexity index is 268. The molecule has 1 rings (SSSR count). The molecule has 0 radical (unpaired) electrons. The Morgan fingerprint density at radius 2 is 2.62 bits per heavy atom. The summed E-state index contributed by atoms with van der Waals surface area (Å²) in [7, 11) is 0. The van der Waals surface area contributed by atoms with Crippen molar-refractivity contribution in [1.82, 2.24) is 4.98 Å². The summed E-state index contributed by atoms with van der Waals surface area (Å²) in [5.74, 6) is 0. The van der Waals surface area contributed by atoms with Crippen LogP contribution in [0.5, 0.6) is 0 Å². The summed E-state index contributed by atoms with van der Waals surface area (Å²) in [5, 5.41) is 6.11. The van der Waals surface area contributed by atoms with Crippen molar-refractivity contribution in [3.8, 4) is 0 Å². The lowest BCUT2D eigenvalue weighted by molar-refractivity contribution is 0.726. The van der Waals surface area contributed by atoms with E-state index in [0.717, 1.165) is 23.8 Å². The smallest absolute Gasteiger partial charge is 0.183 e. The molecule has 0 saturated heterocycles. The van der Waals surface area contributed by atoms with Crippen LogP contribution >= 0.6 is 11.3 Å². The zero-order valence-electron chi connectivity index (χ0n) is 7.79. The Balaban J connectivity index is 2.48. The highest BCUT2D eigenvalue weighted by molar-refractivity contribution is 7.13. The zero-order valence-corrected chi connectivity index (χ0v) is 8.60. The molecule has 3 N–H and O–H groups in total. The molecule has 0 bridgehead atoms. The molecule has 1 atom stereocenters. The summed E-state index contributed by atoms with van der Waals surface area (Å²) in [6.45, 7) is 6.36. The SMILES string of the molecule is C=CCNc1nc(CC(C)N)cs1. The van der Waals surface area contributed by atoms with Crippen LogP contribution in [0.2, 0.25) is 0 Å². The van der Waals surface area contributed by atoms with Gasteiger partial charge in [0.15, 0.2) is 5.13 Å². The summed E-state index contributed by atoms with van der Waals surface area (Å²) in [4.78, 5) is 4.37. The van der Waals surface area contributed by atoms with Crippen LogP contribution in [-0.4, -0.2) is 17.6 Å². The first-order valence-electron chi connectivity index (χ1n) is 4.27. The van der Waals surface area contributed by atoms with Crippen LogP contribution in [0.15, 0.2) is 18.0 Å². The van der Waals surface area contributed by atoms with Gasteiger partial charge < -0.3 is 11.1 Å². The highest BCUT2D eigenvalue weighted by Gasteiger charge is 2.02. The molecule has 0 spiro atoms. The molecule has 13 heavy (non-hydrogen) atoms. The molecule has 0 aromatic carbocycles. The van der Waals surface area contributed by atoms with Crippen LogP contribution in [0, 0.1) is 0 Å². The number of nitrogens with one attached hydrogen (secondary N) is 1. The molecule has 1 aromatic heterocycles. The first-order valence-corrected chi connectivity index (χ1v) is 5.15. The van der Waals surface area contributed by atoms with Crippen LogP contribution in [0.3, 0.4) is 0 Å². The number of nitrogens with two attached hydrogens (primary N) is 1. The van der Waals surface area contributed by atoms with Gasteiger partial charge in [0, 0.05) is 24.4 Å². The molecular weight excluding hydrogens is 182 g/mol. The van der Waals surface area contributed by atoms with Gasteiger partial charge in [-0.3, -0.25) is 0 Å². The standard InChI is InChI=1S/C9H15N3S/c1-3-4-11-9-12-8(6-13-9)5-7(2)10/h3,6-7H,1,4-5,10H2,2H3,(H,11,12). The van der Waals surface area contributed by atoms with Crippen molar-refractivity contribution in [2.24, 2.45) is 5.73 Å². The molecule has 0 aliphatic carbocycles. The van der Waals surface area contributed by atoms with Crippen molar-refractivity contribution in [3.63, 3.8) is 0 Å². The van der Waals surface area contributed by atoms with E-state index in [0.29, 0.717) is 0 Å². The first kappa shape index (κ1) is 10.2. The number of thiazole rings is 1. The molecule has 72 valence electrons. The third kappa shape index (κ3) is 3.57. The van der Waals surface area contributed by atoms with E-state index >= 15 is 0 Å². The fourth-order valence-corrected chi connectivity index (χ4v) is 1.70. The predicted molar refractivity (Wildman–Crippen MR) is 58.2 cm³/mol. The van der Waals surface area contributed by atoms with Crippen molar-refractivity contribution >= 4 is 16.5 Å². The van der Waals surface area contributed by atoms with Crippen molar-refractivity contribution < 1.29 is 0 Å². The van der Waals surface area contributed by atoms with Gasteiger partial charge in [0.1, 0.15) is 0 Å². The average Bonchev–Trinajstić information content (AvgIpc) is 2.48. The second-order valence-corrected chi connectivity index (χ2v) is 3.85. The first-order chi connectivity index (χ1) is 6.22. The van der Waals surface area contributed by atoms with Crippen LogP contribution in [0.4, 0.5) is 5.13 Å². The second-order valence-electron chi connectivity index (χ2n) is 2.99. The Morgan fingerprint density at radius 1 is 1.85 bits per heavy atom. The number of anilines is 1. The van der Waals surface area contributed by atoms with E-state index in [1.165, 1.54) is 0 Å². The lowest BCUT2D eigenvalue weighted by Gasteiger charge is -1.99. The summed E-state index contributed by atoms with van der Waals surface area (Å²) in [6.07, 6.45) is 2.65. The molecule has 4 heteroatoms. The van der Waals surface area contributed by atoms with Gasteiger partial charge in [0.25, 0.3) is 0 Å². The maximum atomic E-state index is 5.66. The number of hydrogen-bond acceptors (Lipinski definition) is 4. The van der Waals surface area contributed by atoms with Crippen molar-refractivity contribution in [2.45, 2.75) is 19.4 Å². The third-order valence-corrected chi connectivity index (χ3v) is 2.33. The maximum absolute atomic E-state index is 5.66. The number of aromatic nitrogens is 1. The minimum Gasteiger partial charge on any atom is -0.358 e. The molecule has 1 aromatic rings. The number of nitrogens with zero attached hydrogens (tertiary/aromatic N) is 1. The van der Waals surface area contributed by atoms with Gasteiger partial charge in [-0.15, -0.1) is 17.9 Å². The fourth-order valence-electron chi connectivity index (χ4n) is 0.971. The largest absolute Gasteiger partial charge is 0.358 e. The number of rotatable bonds is 5. The molecule has 1 heterocycles. The van der Waals surface area contributed by atoms with Crippen molar-refractivity contribution in [1.29, 1.82) is 0 Å². The minimum atomic E-state index is 0.175. The topological polar surface area (TPSA) is 50.9 Å². The molecule has 0 fully saturated rings. The quantitative estimate of drug-likeness (QED) is 0.705. The third-order valence-electron chi connectivity index (χ3n) is 1.48. The highest BCUT2D eigenvalue weighted by Crippen LogP contribution is 2.15. The fraction of sp³-hybridized carbons (Fsp3) is 0.444. The molecule has 1 unspecified atom stereocenters. The Hall–Kier alpha value is -0.870. The predicted octanol–water partition coefficient (Wildman–Crippen LogP) is 1.63. The summed E-state index contributed by atoms with van der Waals surface area (Å²) in [5.41, 5.74) is 6.72. The Morgan fingerprint density at radius 3 is 3.23 bits per heavy atom. The van der Waals surface area contributed by atoms with Crippen LogP contribution < -0.4 is 11.1 Å². The second kappa shape index (κ2) is 4.99. The van der Waals surface area contributed by atoms with Crippen LogP contribution in [0.25, 0.3) is 0 Å².